The molecule has 0 aliphatic heterocycles. The highest BCUT2D eigenvalue weighted by atomic mass is 15.1. The van der Waals surface area contributed by atoms with E-state index in [0.717, 1.165) is 17.8 Å². The average molecular weight is 215 g/mol. The SMILES string of the molecule is C=Cc1ccccc1C(=C)N(C)CCCC. The Hall–Kier alpha value is -1.50. The van der Waals surface area contributed by atoms with E-state index in [4.69, 9.17) is 0 Å². The first-order chi connectivity index (χ1) is 7.70. The molecule has 0 aliphatic rings. The van der Waals surface area contributed by atoms with Crippen LogP contribution in [0, 0.1) is 0 Å². The molecule has 0 unspecified atom stereocenters. The van der Waals surface area contributed by atoms with Gasteiger partial charge < -0.3 is 4.90 Å². The molecule has 1 rings (SSSR count). The predicted molar refractivity (Wildman–Crippen MR) is 73.1 cm³/mol. The molecule has 1 nitrogen and oxygen atoms in total. The third-order valence-corrected chi connectivity index (χ3v) is 2.80. The molecule has 86 valence electrons. The molecule has 0 saturated carbocycles. The Labute approximate surface area is 99.1 Å². The smallest absolute Gasteiger partial charge is 0.0370 e. The molecule has 0 saturated heterocycles. The standard InChI is InChI=1S/C15H21N/c1-5-7-12-16(4)13(3)15-11-9-8-10-14(15)6-2/h6,8-11H,2-3,5,7,12H2,1,4H3. The monoisotopic (exact) mass is 215 g/mol. The summed E-state index contributed by atoms with van der Waals surface area (Å²) in [5.41, 5.74) is 3.40. The number of hydrogen-bond acceptors (Lipinski definition) is 1. The van der Waals surface area contributed by atoms with Gasteiger partial charge in [-0.3, -0.25) is 0 Å². The van der Waals surface area contributed by atoms with Gasteiger partial charge in [-0.1, -0.05) is 56.8 Å². The lowest BCUT2D eigenvalue weighted by molar-refractivity contribution is 0.463. The van der Waals surface area contributed by atoms with Gasteiger partial charge in [0, 0.05) is 24.9 Å². The third kappa shape index (κ3) is 2.99. The molecule has 1 aromatic carbocycles. The van der Waals surface area contributed by atoms with Crippen LogP contribution in [0.25, 0.3) is 11.8 Å². The third-order valence-electron chi connectivity index (χ3n) is 2.80. The van der Waals surface area contributed by atoms with Crippen LogP contribution in [-0.4, -0.2) is 18.5 Å². The number of unbranched alkanes of at least 4 members (excludes halogenated alkanes) is 1. The van der Waals surface area contributed by atoms with Crippen molar-refractivity contribution in [2.75, 3.05) is 13.6 Å². The zero-order valence-electron chi connectivity index (χ0n) is 10.4. The Morgan fingerprint density at radius 2 is 2.06 bits per heavy atom. The second-order valence-electron chi connectivity index (χ2n) is 4.01. The molecular formula is C15H21N. The Balaban J connectivity index is 2.83. The minimum atomic E-state index is 1.06. The van der Waals surface area contributed by atoms with Crippen LogP contribution in [-0.2, 0) is 0 Å². The van der Waals surface area contributed by atoms with Gasteiger partial charge in [0.25, 0.3) is 0 Å². The summed E-state index contributed by atoms with van der Waals surface area (Å²) in [4.78, 5) is 2.21. The molecule has 1 heteroatoms. The van der Waals surface area contributed by atoms with Gasteiger partial charge >= 0.3 is 0 Å². The lowest BCUT2D eigenvalue weighted by Crippen LogP contribution is -2.17. The fraction of sp³-hybridized carbons (Fsp3) is 0.333. The van der Waals surface area contributed by atoms with E-state index in [9.17, 15) is 0 Å². The van der Waals surface area contributed by atoms with Crippen molar-refractivity contribution in [3.8, 4) is 0 Å². The number of benzene rings is 1. The van der Waals surface area contributed by atoms with Crippen LogP contribution in [0.4, 0.5) is 0 Å². The van der Waals surface area contributed by atoms with Crippen molar-refractivity contribution in [3.63, 3.8) is 0 Å². The van der Waals surface area contributed by atoms with Gasteiger partial charge in [0.05, 0.1) is 0 Å². The Morgan fingerprint density at radius 1 is 1.38 bits per heavy atom. The van der Waals surface area contributed by atoms with E-state index in [1.807, 2.05) is 18.2 Å². The van der Waals surface area contributed by atoms with Gasteiger partial charge in [0.15, 0.2) is 0 Å². The van der Waals surface area contributed by atoms with E-state index >= 15 is 0 Å². The van der Waals surface area contributed by atoms with E-state index in [-0.39, 0.29) is 0 Å². The molecular weight excluding hydrogens is 194 g/mol. The second kappa shape index (κ2) is 6.16. The molecule has 0 fully saturated rings. The highest BCUT2D eigenvalue weighted by Crippen LogP contribution is 2.21. The molecule has 0 N–H and O–H groups in total. The minimum Gasteiger partial charge on any atom is -0.375 e. The van der Waals surface area contributed by atoms with E-state index in [2.05, 4.69) is 44.2 Å². The summed E-state index contributed by atoms with van der Waals surface area (Å²) in [5.74, 6) is 0. The van der Waals surface area contributed by atoms with Crippen molar-refractivity contribution in [3.05, 3.63) is 48.6 Å². The van der Waals surface area contributed by atoms with Crippen molar-refractivity contribution in [2.45, 2.75) is 19.8 Å². The molecule has 16 heavy (non-hydrogen) atoms. The van der Waals surface area contributed by atoms with E-state index in [1.54, 1.807) is 0 Å². The van der Waals surface area contributed by atoms with Crippen LogP contribution in [0.3, 0.4) is 0 Å². The molecule has 0 radical (unpaired) electrons. The normalized spacial score (nSPS) is 9.88. The molecule has 0 atom stereocenters. The van der Waals surface area contributed by atoms with Gasteiger partial charge in [-0.25, -0.2) is 0 Å². The lowest BCUT2D eigenvalue weighted by Gasteiger charge is -2.22. The zero-order chi connectivity index (χ0) is 12.0. The maximum atomic E-state index is 4.16. The van der Waals surface area contributed by atoms with E-state index in [0.29, 0.717) is 0 Å². The predicted octanol–water partition coefficient (Wildman–Crippen LogP) is 4.03. The Kier molecular flexibility index (Phi) is 4.84. The maximum absolute atomic E-state index is 4.16. The fourth-order valence-corrected chi connectivity index (χ4v) is 1.67. The minimum absolute atomic E-state index is 1.06. The fourth-order valence-electron chi connectivity index (χ4n) is 1.67. The van der Waals surface area contributed by atoms with Crippen LogP contribution in [0.2, 0.25) is 0 Å². The summed E-state index contributed by atoms with van der Waals surface area (Å²) in [6.45, 7) is 11.3. The van der Waals surface area contributed by atoms with Gasteiger partial charge in [-0.2, -0.15) is 0 Å². The van der Waals surface area contributed by atoms with E-state index < -0.39 is 0 Å². The zero-order valence-corrected chi connectivity index (χ0v) is 10.4. The number of nitrogens with zero attached hydrogens (tertiary/aromatic N) is 1. The highest BCUT2D eigenvalue weighted by Gasteiger charge is 2.06. The quantitative estimate of drug-likeness (QED) is 0.692. The Morgan fingerprint density at radius 3 is 2.69 bits per heavy atom. The van der Waals surface area contributed by atoms with Crippen molar-refractivity contribution in [1.82, 2.24) is 4.90 Å². The van der Waals surface area contributed by atoms with Crippen molar-refractivity contribution >= 4 is 11.8 Å². The summed E-state index contributed by atoms with van der Waals surface area (Å²) in [5, 5.41) is 0. The molecule has 0 heterocycles. The summed E-state index contributed by atoms with van der Waals surface area (Å²) in [6, 6.07) is 8.24. The van der Waals surface area contributed by atoms with Crippen LogP contribution >= 0.6 is 0 Å². The van der Waals surface area contributed by atoms with Gasteiger partial charge in [-0.15, -0.1) is 0 Å². The van der Waals surface area contributed by atoms with Gasteiger partial charge in [0.1, 0.15) is 0 Å². The topological polar surface area (TPSA) is 3.24 Å². The molecule has 0 bridgehead atoms. The van der Waals surface area contributed by atoms with Gasteiger partial charge in [-0.05, 0) is 12.0 Å². The van der Waals surface area contributed by atoms with Crippen molar-refractivity contribution in [2.24, 2.45) is 0 Å². The number of rotatable bonds is 6. The summed E-state index contributed by atoms with van der Waals surface area (Å²) in [7, 11) is 2.10. The highest BCUT2D eigenvalue weighted by molar-refractivity contribution is 5.71. The van der Waals surface area contributed by atoms with Crippen LogP contribution in [0.1, 0.15) is 30.9 Å². The first kappa shape index (κ1) is 12.6. The number of hydrogen-bond donors (Lipinski definition) is 0. The van der Waals surface area contributed by atoms with Crippen molar-refractivity contribution < 1.29 is 0 Å². The van der Waals surface area contributed by atoms with E-state index in [1.165, 1.54) is 18.4 Å². The average Bonchev–Trinajstić information content (AvgIpc) is 2.34. The lowest BCUT2D eigenvalue weighted by atomic mass is 10.0. The maximum Gasteiger partial charge on any atom is 0.0370 e. The first-order valence-electron chi connectivity index (χ1n) is 5.82. The Bertz CT molecular complexity index is 365. The van der Waals surface area contributed by atoms with Crippen LogP contribution in [0.15, 0.2) is 37.4 Å². The molecule has 0 amide bonds. The van der Waals surface area contributed by atoms with Crippen LogP contribution < -0.4 is 0 Å². The molecule has 0 aliphatic carbocycles. The van der Waals surface area contributed by atoms with Gasteiger partial charge in [0.2, 0.25) is 0 Å². The summed E-state index contributed by atoms with van der Waals surface area (Å²) < 4.78 is 0. The first-order valence-corrected chi connectivity index (χ1v) is 5.82. The summed E-state index contributed by atoms with van der Waals surface area (Å²) in [6.07, 6.45) is 4.29. The van der Waals surface area contributed by atoms with Crippen LogP contribution in [0.5, 0.6) is 0 Å². The second-order valence-corrected chi connectivity index (χ2v) is 4.01. The largest absolute Gasteiger partial charge is 0.375 e. The molecule has 1 aromatic rings. The molecule has 0 aromatic heterocycles. The summed E-state index contributed by atoms with van der Waals surface area (Å²) >= 11 is 0. The van der Waals surface area contributed by atoms with Crippen molar-refractivity contribution in [1.29, 1.82) is 0 Å². The molecule has 0 spiro atoms.